The van der Waals surface area contributed by atoms with Crippen molar-refractivity contribution in [2.24, 2.45) is 0 Å². The molecule has 3 aromatic carbocycles. The van der Waals surface area contributed by atoms with Gasteiger partial charge in [-0.15, -0.1) is 11.3 Å². The fraction of sp³-hybridized carbons (Fsp3) is 0.161. The van der Waals surface area contributed by atoms with Gasteiger partial charge in [0.05, 0.1) is 18.2 Å². The number of hydrogen-bond donors (Lipinski definition) is 0. The third-order valence-electron chi connectivity index (χ3n) is 6.41. The van der Waals surface area contributed by atoms with Crippen LogP contribution in [-0.4, -0.2) is 4.57 Å². The lowest BCUT2D eigenvalue weighted by atomic mass is 9.99. The van der Waals surface area contributed by atoms with E-state index in [0.29, 0.717) is 12.1 Å². The van der Waals surface area contributed by atoms with E-state index < -0.39 is 0 Å². The number of benzene rings is 3. The fourth-order valence-corrected chi connectivity index (χ4v) is 5.57. The maximum Gasteiger partial charge on any atom is 0.255 e. The molecule has 0 fully saturated rings. The Bertz CT molecular complexity index is 1570. The summed E-state index contributed by atoms with van der Waals surface area (Å²) in [6.45, 7) is 2.68. The third kappa shape index (κ3) is 4.82. The van der Waals surface area contributed by atoms with Gasteiger partial charge in [-0.25, -0.2) is 0 Å². The van der Waals surface area contributed by atoms with E-state index in [1.54, 1.807) is 11.3 Å². The molecule has 0 bridgehead atoms. The average Bonchev–Trinajstić information content (AvgIpc) is 3.33. The average molecular weight is 475 g/mol. The first-order valence-electron chi connectivity index (χ1n) is 11.9. The smallest absolute Gasteiger partial charge is 0.255 e. The molecule has 0 atom stereocenters. The molecular weight excluding hydrogens is 448 g/mol. The summed E-state index contributed by atoms with van der Waals surface area (Å²) in [4.78, 5) is 15.9. The van der Waals surface area contributed by atoms with Crippen LogP contribution in [0.15, 0.2) is 95.8 Å². The van der Waals surface area contributed by atoms with Crippen LogP contribution >= 0.6 is 11.3 Å². The van der Waals surface area contributed by atoms with Crippen molar-refractivity contribution in [2.45, 2.75) is 32.7 Å². The minimum Gasteiger partial charge on any atom is -0.295 e. The molecular formula is C31H26N2OS. The van der Waals surface area contributed by atoms with Crippen LogP contribution in [0, 0.1) is 11.3 Å². The largest absolute Gasteiger partial charge is 0.295 e. The molecule has 0 amide bonds. The van der Waals surface area contributed by atoms with Gasteiger partial charge < -0.3 is 0 Å². The lowest BCUT2D eigenvalue weighted by Crippen LogP contribution is -2.24. The highest BCUT2D eigenvalue weighted by molar-refractivity contribution is 7.18. The van der Waals surface area contributed by atoms with Crippen molar-refractivity contribution in [2.75, 3.05) is 0 Å². The van der Waals surface area contributed by atoms with Gasteiger partial charge in [0.2, 0.25) is 0 Å². The minimum absolute atomic E-state index is 0.0943. The van der Waals surface area contributed by atoms with Gasteiger partial charge >= 0.3 is 0 Å². The monoisotopic (exact) mass is 474 g/mol. The van der Waals surface area contributed by atoms with Crippen LogP contribution in [0.4, 0.5) is 0 Å². The number of rotatable bonds is 7. The fourth-order valence-electron chi connectivity index (χ4n) is 4.50. The molecule has 0 aliphatic heterocycles. The lowest BCUT2D eigenvalue weighted by Gasteiger charge is -2.12. The Morgan fingerprint density at radius 1 is 0.857 bits per heavy atom. The van der Waals surface area contributed by atoms with Crippen LogP contribution in [0.2, 0.25) is 0 Å². The second-order valence-corrected chi connectivity index (χ2v) is 9.84. The summed E-state index contributed by atoms with van der Waals surface area (Å²) in [6.07, 6.45) is 2.53. The first-order valence-corrected chi connectivity index (χ1v) is 12.8. The summed E-state index contributed by atoms with van der Waals surface area (Å²) in [6, 6.07) is 32.8. The summed E-state index contributed by atoms with van der Waals surface area (Å²) < 4.78 is 1.94. The third-order valence-corrected chi connectivity index (χ3v) is 7.73. The number of aryl methyl sites for hydroxylation is 3. The van der Waals surface area contributed by atoms with Gasteiger partial charge in [0.25, 0.3) is 5.56 Å². The maximum atomic E-state index is 13.6. The van der Waals surface area contributed by atoms with E-state index in [4.69, 9.17) is 0 Å². The van der Waals surface area contributed by atoms with Gasteiger partial charge in [-0.2, -0.15) is 5.26 Å². The van der Waals surface area contributed by atoms with Crippen molar-refractivity contribution in [3.63, 3.8) is 0 Å². The molecule has 0 unspecified atom stereocenters. The van der Waals surface area contributed by atoms with Crippen LogP contribution < -0.4 is 5.56 Å². The molecule has 0 saturated heterocycles. The Labute approximate surface area is 209 Å². The van der Waals surface area contributed by atoms with Crippen LogP contribution in [0.3, 0.4) is 0 Å². The van der Waals surface area contributed by atoms with E-state index in [0.717, 1.165) is 51.7 Å². The topological polar surface area (TPSA) is 45.8 Å². The number of nitriles is 1. The second-order valence-electron chi connectivity index (χ2n) is 8.73. The van der Waals surface area contributed by atoms with Crippen molar-refractivity contribution in [1.29, 1.82) is 5.26 Å². The zero-order valence-corrected chi connectivity index (χ0v) is 20.5. The number of aromatic nitrogens is 1. The molecule has 0 aliphatic rings. The molecule has 3 nitrogen and oxygen atoms in total. The minimum atomic E-state index is 0.0943. The van der Waals surface area contributed by atoms with Crippen molar-refractivity contribution < 1.29 is 0 Å². The van der Waals surface area contributed by atoms with Gasteiger partial charge in [-0.3, -0.25) is 9.36 Å². The molecule has 0 aliphatic carbocycles. The van der Waals surface area contributed by atoms with E-state index in [1.807, 2.05) is 59.2 Å². The molecule has 5 rings (SSSR count). The first-order chi connectivity index (χ1) is 17.2. The van der Waals surface area contributed by atoms with Crippen molar-refractivity contribution >= 4 is 21.6 Å². The normalized spacial score (nSPS) is 11.0. The van der Waals surface area contributed by atoms with E-state index in [-0.39, 0.29) is 5.56 Å². The molecule has 0 N–H and O–H groups in total. The van der Waals surface area contributed by atoms with Crippen molar-refractivity contribution in [1.82, 2.24) is 4.57 Å². The summed E-state index contributed by atoms with van der Waals surface area (Å²) in [5, 5.41) is 10.6. The number of thiophene rings is 1. The van der Waals surface area contributed by atoms with Crippen LogP contribution in [0.1, 0.15) is 34.1 Å². The van der Waals surface area contributed by atoms with Crippen molar-refractivity contribution in [3.05, 3.63) is 128 Å². The summed E-state index contributed by atoms with van der Waals surface area (Å²) in [7, 11) is 0. The highest BCUT2D eigenvalue weighted by atomic mass is 32.1. The Kier molecular flexibility index (Phi) is 6.61. The van der Waals surface area contributed by atoms with Crippen LogP contribution in [0.5, 0.6) is 0 Å². The highest BCUT2D eigenvalue weighted by Crippen LogP contribution is 2.28. The van der Waals surface area contributed by atoms with Crippen LogP contribution in [-0.2, 0) is 25.8 Å². The number of hydrogen-bond acceptors (Lipinski definition) is 3. The number of nitrogens with zero attached hydrogens (tertiary/aromatic N) is 2. The number of fused-ring (bicyclic) bond motifs is 1. The molecule has 0 radical (unpaired) electrons. The van der Waals surface area contributed by atoms with E-state index in [1.165, 1.54) is 10.4 Å². The zero-order chi connectivity index (χ0) is 24.2. The van der Waals surface area contributed by atoms with Crippen molar-refractivity contribution in [3.8, 4) is 17.2 Å². The molecule has 2 heterocycles. The molecule has 2 aromatic heterocycles. The number of pyridine rings is 1. The van der Waals surface area contributed by atoms with Gasteiger partial charge in [-0.05, 0) is 59.7 Å². The van der Waals surface area contributed by atoms with Gasteiger partial charge in [-0.1, -0.05) is 79.7 Å². The quantitative estimate of drug-likeness (QED) is 0.255. The standard InChI is InChI=1S/C31H26N2OS/c1-2-28-19-27-18-25(17-12-22-8-4-3-5-9-22)30(34)33(31(27)35-28)21-23-13-15-24(16-14-23)29-11-7-6-10-26(29)20-32/h3-11,13-16,18-19H,2,12,17,21H2,1H3. The Morgan fingerprint density at radius 3 is 2.34 bits per heavy atom. The van der Waals surface area contributed by atoms with Crippen LogP contribution in [0.25, 0.3) is 21.3 Å². The highest BCUT2D eigenvalue weighted by Gasteiger charge is 2.14. The van der Waals surface area contributed by atoms with Gasteiger partial charge in [0.15, 0.2) is 0 Å². The predicted molar refractivity (Wildman–Crippen MR) is 145 cm³/mol. The Morgan fingerprint density at radius 2 is 1.60 bits per heavy atom. The molecule has 35 heavy (non-hydrogen) atoms. The van der Waals surface area contributed by atoms with Gasteiger partial charge in [0, 0.05) is 15.8 Å². The second kappa shape index (κ2) is 10.1. The summed E-state index contributed by atoms with van der Waals surface area (Å²) in [5.74, 6) is 0. The SMILES string of the molecule is CCc1cc2cc(CCc3ccccc3)c(=O)n(Cc3ccc(-c4ccccc4C#N)cc3)c2s1. The summed E-state index contributed by atoms with van der Waals surface area (Å²) >= 11 is 1.71. The molecule has 5 aromatic rings. The summed E-state index contributed by atoms with van der Waals surface area (Å²) in [5.41, 5.74) is 5.86. The van der Waals surface area contributed by atoms with Gasteiger partial charge in [0.1, 0.15) is 4.83 Å². The first kappa shape index (κ1) is 22.8. The zero-order valence-electron chi connectivity index (χ0n) is 19.7. The molecule has 0 spiro atoms. The molecule has 0 saturated carbocycles. The maximum absolute atomic E-state index is 13.6. The van der Waals surface area contributed by atoms with E-state index in [9.17, 15) is 10.1 Å². The lowest BCUT2D eigenvalue weighted by molar-refractivity contribution is 0.778. The molecule has 172 valence electrons. The Balaban J connectivity index is 1.49. The Hall–Kier alpha value is -3.94. The van der Waals surface area contributed by atoms with E-state index >= 15 is 0 Å². The molecule has 4 heteroatoms. The van der Waals surface area contributed by atoms with E-state index in [2.05, 4.69) is 49.4 Å². The predicted octanol–water partition coefficient (Wildman–Crippen LogP) is 7.00.